The highest BCUT2D eigenvalue weighted by atomic mass is 16.5. The van der Waals surface area contributed by atoms with Crippen LogP contribution in [0.3, 0.4) is 0 Å². The van der Waals surface area contributed by atoms with Crippen molar-refractivity contribution in [2.75, 3.05) is 18.0 Å². The summed E-state index contributed by atoms with van der Waals surface area (Å²) in [7, 11) is 0. The van der Waals surface area contributed by atoms with Crippen LogP contribution in [0.5, 0.6) is 5.75 Å². The molecule has 0 aromatic carbocycles. The maximum Gasteiger partial charge on any atom is 0.140 e. The highest BCUT2D eigenvalue weighted by Gasteiger charge is 2.17. The Kier molecular flexibility index (Phi) is 4.42. The SMILES string of the molecule is CCC(C)Oc1cncc(N2CCCC(N)C2)c1. The summed E-state index contributed by atoms with van der Waals surface area (Å²) in [5, 5.41) is 0. The maximum atomic E-state index is 6.01. The maximum absolute atomic E-state index is 6.01. The monoisotopic (exact) mass is 249 g/mol. The second-order valence-corrected chi connectivity index (χ2v) is 5.06. The Morgan fingerprint density at radius 2 is 2.39 bits per heavy atom. The average molecular weight is 249 g/mol. The van der Waals surface area contributed by atoms with Crippen molar-refractivity contribution in [3.05, 3.63) is 18.5 Å². The van der Waals surface area contributed by atoms with Crippen molar-refractivity contribution < 1.29 is 4.74 Å². The molecule has 0 amide bonds. The van der Waals surface area contributed by atoms with Gasteiger partial charge in [-0.1, -0.05) is 6.92 Å². The molecule has 0 saturated carbocycles. The van der Waals surface area contributed by atoms with Gasteiger partial charge in [0.1, 0.15) is 5.75 Å². The van der Waals surface area contributed by atoms with E-state index >= 15 is 0 Å². The third kappa shape index (κ3) is 3.35. The first-order valence-corrected chi connectivity index (χ1v) is 6.81. The lowest BCUT2D eigenvalue weighted by molar-refractivity contribution is 0.216. The fourth-order valence-corrected chi connectivity index (χ4v) is 2.20. The number of hydrogen-bond acceptors (Lipinski definition) is 4. The molecule has 4 nitrogen and oxygen atoms in total. The lowest BCUT2D eigenvalue weighted by Crippen LogP contribution is -2.42. The van der Waals surface area contributed by atoms with E-state index in [1.807, 2.05) is 6.20 Å². The Morgan fingerprint density at radius 3 is 3.11 bits per heavy atom. The summed E-state index contributed by atoms with van der Waals surface area (Å²) in [5.41, 5.74) is 7.13. The van der Waals surface area contributed by atoms with Crippen molar-refractivity contribution in [1.82, 2.24) is 4.98 Å². The van der Waals surface area contributed by atoms with E-state index < -0.39 is 0 Å². The van der Waals surface area contributed by atoms with Gasteiger partial charge < -0.3 is 15.4 Å². The van der Waals surface area contributed by atoms with Crippen LogP contribution in [0.25, 0.3) is 0 Å². The molecule has 0 bridgehead atoms. The summed E-state index contributed by atoms with van der Waals surface area (Å²) in [6, 6.07) is 2.34. The number of anilines is 1. The minimum absolute atomic E-state index is 0.227. The smallest absolute Gasteiger partial charge is 0.140 e. The summed E-state index contributed by atoms with van der Waals surface area (Å²) in [6.45, 7) is 6.16. The number of rotatable bonds is 4. The summed E-state index contributed by atoms with van der Waals surface area (Å²) in [6.07, 6.45) is 7.16. The van der Waals surface area contributed by atoms with Gasteiger partial charge in [-0.3, -0.25) is 4.98 Å². The number of pyridine rings is 1. The minimum atomic E-state index is 0.227. The highest BCUT2D eigenvalue weighted by Crippen LogP contribution is 2.23. The molecule has 1 aliphatic heterocycles. The predicted octanol–water partition coefficient (Wildman–Crippen LogP) is 2.19. The van der Waals surface area contributed by atoms with Crippen molar-refractivity contribution in [2.24, 2.45) is 5.73 Å². The van der Waals surface area contributed by atoms with E-state index in [4.69, 9.17) is 10.5 Å². The molecule has 1 aliphatic rings. The quantitative estimate of drug-likeness (QED) is 0.888. The topological polar surface area (TPSA) is 51.4 Å². The van der Waals surface area contributed by atoms with Gasteiger partial charge in [0.15, 0.2) is 0 Å². The fraction of sp³-hybridized carbons (Fsp3) is 0.643. The van der Waals surface area contributed by atoms with Crippen molar-refractivity contribution in [3.8, 4) is 5.75 Å². The van der Waals surface area contributed by atoms with Gasteiger partial charge in [0.25, 0.3) is 0 Å². The average Bonchev–Trinajstić information content (AvgIpc) is 2.39. The molecule has 0 radical (unpaired) electrons. The Hall–Kier alpha value is -1.29. The van der Waals surface area contributed by atoms with Crippen LogP contribution >= 0.6 is 0 Å². The number of hydrogen-bond donors (Lipinski definition) is 1. The Morgan fingerprint density at radius 1 is 1.56 bits per heavy atom. The number of nitrogens with two attached hydrogens (primary N) is 1. The molecule has 1 saturated heterocycles. The van der Waals surface area contributed by atoms with Crippen LogP contribution in [0.15, 0.2) is 18.5 Å². The van der Waals surface area contributed by atoms with Crippen LogP contribution in [-0.4, -0.2) is 30.2 Å². The molecule has 2 atom stereocenters. The van der Waals surface area contributed by atoms with Crippen LogP contribution in [0.1, 0.15) is 33.1 Å². The van der Waals surface area contributed by atoms with Gasteiger partial charge in [-0.15, -0.1) is 0 Å². The van der Waals surface area contributed by atoms with Crippen molar-refractivity contribution >= 4 is 5.69 Å². The van der Waals surface area contributed by atoms with Crippen molar-refractivity contribution in [3.63, 3.8) is 0 Å². The van der Waals surface area contributed by atoms with E-state index in [0.717, 1.165) is 43.8 Å². The number of nitrogens with zero attached hydrogens (tertiary/aromatic N) is 2. The van der Waals surface area contributed by atoms with Gasteiger partial charge in [-0.2, -0.15) is 0 Å². The van der Waals surface area contributed by atoms with Gasteiger partial charge >= 0.3 is 0 Å². The van der Waals surface area contributed by atoms with Gasteiger partial charge in [0, 0.05) is 25.2 Å². The molecular weight excluding hydrogens is 226 g/mol. The highest BCUT2D eigenvalue weighted by molar-refractivity contribution is 5.48. The molecule has 0 aliphatic carbocycles. The summed E-state index contributed by atoms with van der Waals surface area (Å²) < 4.78 is 5.80. The zero-order chi connectivity index (χ0) is 13.0. The number of aromatic nitrogens is 1. The van der Waals surface area contributed by atoms with E-state index in [-0.39, 0.29) is 12.1 Å². The second-order valence-electron chi connectivity index (χ2n) is 5.06. The van der Waals surface area contributed by atoms with E-state index in [1.165, 1.54) is 0 Å². The summed E-state index contributed by atoms with van der Waals surface area (Å²) in [5.74, 6) is 0.848. The van der Waals surface area contributed by atoms with E-state index in [2.05, 4.69) is 29.8 Å². The van der Waals surface area contributed by atoms with Crippen LogP contribution in [0.4, 0.5) is 5.69 Å². The molecule has 2 heterocycles. The van der Waals surface area contributed by atoms with E-state index in [1.54, 1.807) is 6.20 Å². The van der Waals surface area contributed by atoms with Crippen molar-refractivity contribution in [2.45, 2.75) is 45.3 Å². The lowest BCUT2D eigenvalue weighted by atomic mass is 10.1. The third-order valence-corrected chi connectivity index (χ3v) is 3.43. The van der Waals surface area contributed by atoms with Gasteiger partial charge in [0.05, 0.1) is 24.2 Å². The summed E-state index contributed by atoms with van der Waals surface area (Å²) in [4.78, 5) is 6.56. The van der Waals surface area contributed by atoms with Crippen LogP contribution < -0.4 is 15.4 Å². The molecule has 1 fully saturated rings. The molecule has 4 heteroatoms. The zero-order valence-electron chi connectivity index (χ0n) is 11.3. The lowest BCUT2D eigenvalue weighted by Gasteiger charge is -2.32. The van der Waals surface area contributed by atoms with Crippen LogP contribution in [0.2, 0.25) is 0 Å². The molecule has 2 N–H and O–H groups in total. The van der Waals surface area contributed by atoms with Crippen LogP contribution in [0, 0.1) is 0 Å². The normalized spacial score (nSPS) is 21.7. The molecule has 2 rings (SSSR count). The number of ether oxygens (including phenoxy) is 1. The molecule has 1 aromatic rings. The molecule has 18 heavy (non-hydrogen) atoms. The predicted molar refractivity (Wildman–Crippen MR) is 74.0 cm³/mol. The first-order valence-electron chi connectivity index (χ1n) is 6.81. The van der Waals surface area contributed by atoms with E-state index in [0.29, 0.717) is 0 Å². The van der Waals surface area contributed by atoms with Crippen molar-refractivity contribution in [1.29, 1.82) is 0 Å². The van der Waals surface area contributed by atoms with Crippen LogP contribution in [-0.2, 0) is 0 Å². The van der Waals surface area contributed by atoms with Gasteiger partial charge in [0.2, 0.25) is 0 Å². The zero-order valence-corrected chi connectivity index (χ0v) is 11.3. The number of piperidine rings is 1. The molecular formula is C14H23N3O. The molecule has 1 aromatic heterocycles. The van der Waals surface area contributed by atoms with Gasteiger partial charge in [-0.25, -0.2) is 0 Å². The Balaban J connectivity index is 2.06. The minimum Gasteiger partial charge on any atom is -0.489 e. The fourth-order valence-electron chi connectivity index (χ4n) is 2.20. The molecule has 2 unspecified atom stereocenters. The Labute approximate surface area is 109 Å². The standard InChI is InChI=1S/C14H23N3O/c1-3-11(2)18-14-7-13(8-16-9-14)17-6-4-5-12(15)10-17/h7-9,11-12H,3-6,10,15H2,1-2H3. The van der Waals surface area contributed by atoms with E-state index in [9.17, 15) is 0 Å². The molecule has 0 spiro atoms. The first kappa shape index (κ1) is 13.1. The second kappa shape index (κ2) is 6.05. The summed E-state index contributed by atoms with van der Waals surface area (Å²) >= 11 is 0. The first-order chi connectivity index (χ1) is 8.69. The largest absolute Gasteiger partial charge is 0.489 e. The Bertz CT molecular complexity index is 383. The van der Waals surface area contributed by atoms with Gasteiger partial charge in [-0.05, 0) is 26.2 Å². The molecule has 100 valence electrons. The third-order valence-electron chi connectivity index (χ3n) is 3.43.